The summed E-state index contributed by atoms with van der Waals surface area (Å²) in [5.41, 5.74) is 4.30. The third-order valence-electron chi connectivity index (χ3n) is 13.7. The van der Waals surface area contributed by atoms with E-state index in [-0.39, 0.29) is 58.0 Å². The molecule has 3 aromatic rings. The Balaban J connectivity index is 1.32. The van der Waals surface area contributed by atoms with Gasteiger partial charge in [0, 0.05) is 91.2 Å². The van der Waals surface area contributed by atoms with Gasteiger partial charge in [0.05, 0.1) is 64.8 Å². The van der Waals surface area contributed by atoms with Crippen molar-refractivity contribution in [2.24, 2.45) is 0 Å². The van der Waals surface area contributed by atoms with E-state index in [1.54, 1.807) is 19.3 Å². The molecule has 1 fully saturated rings. The molecule has 3 aromatic carbocycles. The van der Waals surface area contributed by atoms with Gasteiger partial charge in [-0.1, -0.05) is 52.8 Å². The van der Waals surface area contributed by atoms with Crippen LogP contribution in [-0.4, -0.2) is 138 Å². The summed E-state index contributed by atoms with van der Waals surface area (Å²) in [6.07, 6.45) is 9.83. The van der Waals surface area contributed by atoms with E-state index in [9.17, 15) is 48.7 Å². The highest BCUT2D eigenvalue weighted by Gasteiger charge is 2.48. The predicted octanol–water partition coefficient (Wildman–Crippen LogP) is 4.68. The van der Waals surface area contributed by atoms with Crippen LogP contribution >= 0.6 is 0 Å². The molecule has 1 saturated heterocycles. The number of hydrogen-bond acceptors (Lipinski definition) is 18. The van der Waals surface area contributed by atoms with E-state index < -0.39 is 75.5 Å². The first-order valence-electron chi connectivity index (χ1n) is 25.0. The number of nitrogens with zero attached hydrogens (tertiary/aromatic N) is 3. The minimum absolute atomic E-state index is 0.0280. The lowest BCUT2D eigenvalue weighted by atomic mass is 9.75. The summed E-state index contributed by atoms with van der Waals surface area (Å²) in [6, 6.07) is 17.3. The van der Waals surface area contributed by atoms with Crippen molar-refractivity contribution in [2.75, 3.05) is 69.6 Å². The van der Waals surface area contributed by atoms with Crippen molar-refractivity contribution in [3.63, 3.8) is 0 Å². The maximum Gasteiger partial charge on any atom is 0.333 e. The van der Waals surface area contributed by atoms with E-state index in [1.807, 2.05) is 80.0 Å². The van der Waals surface area contributed by atoms with Crippen molar-refractivity contribution >= 4 is 82.1 Å². The molecule has 1 atom stereocenters. The summed E-state index contributed by atoms with van der Waals surface area (Å²) in [6.45, 7) is 8.10. The number of hydrogen-bond donors (Lipinski definition) is 1. The molecule has 24 heteroatoms. The molecule has 0 spiro atoms. The fourth-order valence-corrected chi connectivity index (χ4v) is 11.5. The Morgan fingerprint density at radius 3 is 2.23 bits per heavy atom. The Labute approximate surface area is 449 Å². The summed E-state index contributed by atoms with van der Waals surface area (Å²) >= 11 is 0. The molecule has 7 rings (SSSR count). The van der Waals surface area contributed by atoms with Crippen molar-refractivity contribution in [2.45, 2.75) is 88.0 Å². The average Bonchev–Trinajstić information content (AvgIpc) is 3.84. The minimum Gasteiger partial charge on any atom is -0.748 e. The summed E-state index contributed by atoms with van der Waals surface area (Å²) in [5.74, 6) is 0.949. The van der Waals surface area contributed by atoms with E-state index in [4.69, 9.17) is 23.8 Å². The van der Waals surface area contributed by atoms with Crippen LogP contribution in [0.5, 0.6) is 5.75 Å². The predicted molar refractivity (Wildman–Crippen MR) is 280 cm³/mol. The van der Waals surface area contributed by atoms with Crippen LogP contribution in [0.15, 0.2) is 95.9 Å². The number of amides is 2. The summed E-state index contributed by atoms with van der Waals surface area (Å²) in [7, 11) is -11.9. The van der Waals surface area contributed by atoms with E-state index in [1.165, 1.54) is 18.2 Å². The zero-order chi connectivity index (χ0) is 55.8. The van der Waals surface area contributed by atoms with Crippen LogP contribution in [0, 0.1) is 0 Å². The highest BCUT2D eigenvalue weighted by Crippen LogP contribution is 2.48. The molecule has 0 saturated carbocycles. The molecule has 2 amide bonds. The Morgan fingerprint density at radius 1 is 0.857 bits per heavy atom. The Hall–Kier alpha value is -5.93. The molecular formula is C53H64N4O17S3. The third kappa shape index (κ3) is 14.6. The van der Waals surface area contributed by atoms with Gasteiger partial charge in [0.15, 0.2) is 5.71 Å². The minimum atomic E-state index is -4.97. The first kappa shape index (κ1) is 58.7. The van der Waals surface area contributed by atoms with Gasteiger partial charge in [0.1, 0.15) is 28.2 Å². The molecule has 416 valence electrons. The molecule has 1 unspecified atom stereocenters. The quantitative estimate of drug-likeness (QED) is 0.0356. The average molecular weight is 1130 g/mol. The van der Waals surface area contributed by atoms with Gasteiger partial charge in [-0.3, -0.25) is 9.59 Å². The van der Waals surface area contributed by atoms with Crippen LogP contribution in [0.3, 0.4) is 0 Å². The largest absolute Gasteiger partial charge is 0.748 e. The molecule has 4 heterocycles. The molecule has 0 aliphatic carbocycles. The topological polar surface area (TPSA) is 292 Å². The van der Waals surface area contributed by atoms with Crippen LogP contribution in [0.1, 0.15) is 94.4 Å². The van der Waals surface area contributed by atoms with Gasteiger partial charge < -0.3 is 37.8 Å². The number of carbonyl (C=O) groups excluding carboxylic acids is 3. The highest BCUT2D eigenvalue weighted by atomic mass is 32.2. The molecule has 77 heavy (non-hydrogen) atoms. The SMILES string of the molecule is COCCOCCOCCC1=CC(C)(C)N(CCCS(=O)(=O)[O-])c2cc3c(cc21)C(=CC=CC1=[N+](CCCS(=O)(=O)O[NH3+])c2ccc(S(=O)(=O)[O-])cc2C1(C)CCCC(=O)ON1C(=O)CCC1=O)C=C(c1ccccc1)O3. The first-order valence-corrected chi connectivity index (χ1v) is 29.6. The summed E-state index contributed by atoms with van der Waals surface area (Å²) < 4.78 is 128. The molecular weight excluding hydrogens is 1060 g/mol. The number of carbonyl (C=O) groups is 3. The second-order valence-electron chi connectivity index (χ2n) is 19.5. The van der Waals surface area contributed by atoms with Crippen LogP contribution in [0.2, 0.25) is 0 Å². The summed E-state index contributed by atoms with van der Waals surface area (Å²) in [4.78, 5) is 44.2. The number of quaternary nitrogens is 1. The maximum atomic E-state index is 13.1. The number of ether oxygens (including phenoxy) is 4. The van der Waals surface area contributed by atoms with E-state index >= 15 is 0 Å². The van der Waals surface area contributed by atoms with E-state index in [0.29, 0.717) is 84.1 Å². The van der Waals surface area contributed by atoms with Gasteiger partial charge in [-0.25, -0.2) is 21.6 Å². The Morgan fingerprint density at radius 2 is 1.56 bits per heavy atom. The van der Waals surface area contributed by atoms with Crippen LogP contribution in [-0.2, 0) is 73.5 Å². The third-order valence-corrected chi connectivity index (χ3v) is 16.4. The summed E-state index contributed by atoms with van der Waals surface area (Å²) in [5, 5.41) is 0.458. The monoisotopic (exact) mass is 1120 g/mol. The first-order chi connectivity index (χ1) is 36.4. The fraction of sp³-hybridized carbons (Fsp3) is 0.434. The van der Waals surface area contributed by atoms with Crippen LogP contribution in [0.4, 0.5) is 11.4 Å². The Bertz CT molecular complexity index is 3230. The fourth-order valence-electron chi connectivity index (χ4n) is 9.95. The Kier molecular flexibility index (Phi) is 18.9. The lowest BCUT2D eigenvalue weighted by molar-refractivity contribution is -0.635. The maximum absolute atomic E-state index is 13.1. The lowest BCUT2D eigenvalue weighted by Gasteiger charge is -2.44. The zero-order valence-corrected chi connectivity index (χ0v) is 45.8. The molecule has 3 N–H and O–H groups in total. The van der Waals surface area contributed by atoms with E-state index in [0.717, 1.165) is 22.4 Å². The van der Waals surface area contributed by atoms with Crippen molar-refractivity contribution in [1.29, 1.82) is 0 Å². The number of allylic oxidation sites excluding steroid dienone is 5. The number of fused-ring (bicyclic) bond motifs is 3. The molecule has 21 nitrogen and oxygen atoms in total. The number of rotatable bonds is 27. The number of anilines is 1. The molecule has 4 aliphatic heterocycles. The number of imide groups is 1. The van der Waals surface area contributed by atoms with E-state index in [2.05, 4.69) is 21.2 Å². The second kappa shape index (κ2) is 24.8. The van der Waals surface area contributed by atoms with Gasteiger partial charge in [0.25, 0.3) is 11.8 Å². The van der Waals surface area contributed by atoms with Gasteiger partial charge in [0.2, 0.25) is 5.69 Å². The van der Waals surface area contributed by atoms with Gasteiger partial charge in [-0.05, 0) is 81.9 Å². The number of benzene rings is 3. The smallest absolute Gasteiger partial charge is 0.333 e. The molecule has 0 bridgehead atoms. The van der Waals surface area contributed by atoms with Crippen molar-refractivity contribution < 1.29 is 87.3 Å². The van der Waals surface area contributed by atoms with Gasteiger partial charge >= 0.3 is 16.1 Å². The molecule has 0 aromatic heterocycles. The number of hydroxylamine groups is 2. The number of methoxy groups -OCH3 is 1. The zero-order valence-electron chi connectivity index (χ0n) is 43.4. The molecule has 4 aliphatic rings. The normalized spacial score (nSPS) is 18.9. The van der Waals surface area contributed by atoms with Crippen LogP contribution in [0.25, 0.3) is 16.9 Å². The van der Waals surface area contributed by atoms with Crippen molar-refractivity contribution in [3.8, 4) is 5.75 Å². The second-order valence-corrected chi connectivity index (χ2v) is 24.2. The van der Waals surface area contributed by atoms with Crippen molar-refractivity contribution in [3.05, 3.63) is 113 Å². The lowest BCUT2D eigenvalue weighted by Crippen LogP contribution is -2.51. The highest BCUT2D eigenvalue weighted by molar-refractivity contribution is 7.86. The molecule has 0 radical (unpaired) electrons. The van der Waals surface area contributed by atoms with Crippen LogP contribution < -0.4 is 15.5 Å². The standard InChI is InChI=1S/C53H64N4O17S3/c1-52(2)36-39(21-25-70-28-29-71-27-26-69-4)41-34-42-38(32-46(37-12-6-5-7-13-37)72-47(42)35-45(41)56(52)24-11-30-75(61,62)63)14-8-15-48-53(3,22-9-16-51(60)73-57-49(58)19-20-50(57)59)43-33-40(77(66,67)68)17-18-44(43)55(48)23-10-31-76(64,65)74-54/h5-8,12-15,17-18,32-36H,9-11,16,19-31H2,1-4,54H3. The van der Waals surface area contributed by atoms with Gasteiger partial charge in [-0.15, -0.1) is 5.06 Å². The van der Waals surface area contributed by atoms with Gasteiger partial charge in [-0.2, -0.15) is 18.9 Å². The van der Waals surface area contributed by atoms with Crippen molar-refractivity contribution in [1.82, 2.24) is 5.06 Å².